The van der Waals surface area contributed by atoms with Crippen molar-refractivity contribution in [1.29, 1.82) is 0 Å². The summed E-state index contributed by atoms with van der Waals surface area (Å²) in [6.45, 7) is 11.0. The molecule has 0 saturated carbocycles. The number of fused-ring (bicyclic) bond motifs is 1. The minimum absolute atomic E-state index is 0.477. The Morgan fingerprint density at radius 1 is 1.20 bits per heavy atom. The lowest BCUT2D eigenvalue weighted by atomic mass is 10.1. The first-order valence-electron chi connectivity index (χ1n) is 7.55. The Morgan fingerprint density at radius 3 is 2.55 bits per heavy atom. The van der Waals surface area contributed by atoms with E-state index in [9.17, 15) is 0 Å². The van der Waals surface area contributed by atoms with Crippen LogP contribution < -0.4 is 10.2 Å². The van der Waals surface area contributed by atoms with Crippen LogP contribution in [0.4, 0.5) is 5.82 Å². The number of rotatable bonds is 2. The number of hydrogen-bond acceptors (Lipinski definition) is 3. The van der Waals surface area contributed by atoms with Crippen LogP contribution in [-0.2, 0) is 0 Å². The van der Waals surface area contributed by atoms with Crippen LogP contribution in [0.2, 0.25) is 0 Å². The van der Waals surface area contributed by atoms with Gasteiger partial charge in [-0.3, -0.25) is 0 Å². The largest absolute Gasteiger partial charge is 0.360 e. The maximum Gasteiger partial charge on any atom is 0.129 e. The highest BCUT2D eigenvalue weighted by molar-refractivity contribution is 5.81. The van der Waals surface area contributed by atoms with Gasteiger partial charge >= 0.3 is 0 Å². The maximum absolute atomic E-state index is 4.95. The van der Waals surface area contributed by atoms with Gasteiger partial charge in [0.15, 0.2) is 0 Å². The third-order valence-corrected chi connectivity index (χ3v) is 4.25. The summed E-state index contributed by atoms with van der Waals surface area (Å²) in [6.07, 6.45) is 2.09. The Morgan fingerprint density at radius 2 is 1.90 bits per heavy atom. The molecule has 2 N–H and O–H groups in total. The van der Waals surface area contributed by atoms with Crippen molar-refractivity contribution in [2.45, 2.75) is 45.7 Å². The summed E-state index contributed by atoms with van der Waals surface area (Å²) >= 11 is 0. The van der Waals surface area contributed by atoms with E-state index in [1.807, 2.05) is 0 Å². The molecule has 2 aromatic heterocycles. The summed E-state index contributed by atoms with van der Waals surface area (Å²) in [7, 11) is 0. The number of piperazine rings is 1. The first-order chi connectivity index (χ1) is 9.58. The molecule has 4 heteroatoms. The van der Waals surface area contributed by atoms with Crippen molar-refractivity contribution in [2.24, 2.45) is 0 Å². The van der Waals surface area contributed by atoms with Gasteiger partial charge in [0.2, 0.25) is 0 Å². The Kier molecular flexibility index (Phi) is 3.42. The molecule has 0 aliphatic carbocycles. The van der Waals surface area contributed by atoms with Crippen molar-refractivity contribution in [1.82, 2.24) is 15.3 Å². The highest BCUT2D eigenvalue weighted by Crippen LogP contribution is 2.27. The lowest BCUT2D eigenvalue weighted by Crippen LogP contribution is -2.55. The van der Waals surface area contributed by atoms with Crippen LogP contribution in [0.5, 0.6) is 0 Å². The summed E-state index contributed by atoms with van der Waals surface area (Å²) in [4.78, 5) is 10.7. The van der Waals surface area contributed by atoms with Gasteiger partial charge in [0, 0.05) is 31.4 Å². The van der Waals surface area contributed by atoms with Gasteiger partial charge in [-0.15, -0.1) is 0 Å². The molecule has 1 saturated heterocycles. The number of hydrogen-bond donors (Lipinski definition) is 2. The van der Waals surface area contributed by atoms with E-state index in [1.165, 1.54) is 5.56 Å². The topological polar surface area (TPSA) is 44.0 Å². The second kappa shape index (κ2) is 5.09. The average molecular weight is 272 g/mol. The van der Waals surface area contributed by atoms with Gasteiger partial charge in [0.25, 0.3) is 0 Å². The Bertz CT molecular complexity index is 592. The standard InChI is InChI=1S/C16H24N4/c1-10(2)13-9-18-14-5-6-15(19-16(13)14)20-11(3)7-17-8-12(20)4/h5-6,9-12,17-18H,7-8H2,1-4H3. The predicted molar refractivity (Wildman–Crippen MR) is 84.5 cm³/mol. The van der Waals surface area contributed by atoms with Crippen LogP contribution in [0.3, 0.4) is 0 Å². The van der Waals surface area contributed by atoms with E-state index in [2.05, 4.69) is 61.2 Å². The molecule has 0 spiro atoms. The van der Waals surface area contributed by atoms with Crippen molar-refractivity contribution in [3.63, 3.8) is 0 Å². The zero-order chi connectivity index (χ0) is 14.3. The maximum atomic E-state index is 4.95. The van der Waals surface area contributed by atoms with Crippen LogP contribution in [0.25, 0.3) is 11.0 Å². The third-order valence-electron chi connectivity index (χ3n) is 4.25. The number of aromatic nitrogens is 2. The molecular weight excluding hydrogens is 248 g/mol. The van der Waals surface area contributed by atoms with Crippen LogP contribution in [0, 0.1) is 0 Å². The molecule has 1 aliphatic heterocycles. The molecule has 0 radical (unpaired) electrons. The van der Waals surface area contributed by atoms with E-state index in [0.29, 0.717) is 18.0 Å². The molecule has 2 atom stereocenters. The summed E-state index contributed by atoms with van der Waals surface area (Å²) in [6, 6.07) is 5.25. The van der Waals surface area contributed by atoms with Crippen molar-refractivity contribution < 1.29 is 0 Å². The first-order valence-corrected chi connectivity index (χ1v) is 7.55. The molecule has 20 heavy (non-hydrogen) atoms. The Labute approximate surface area is 120 Å². The number of nitrogens with zero attached hydrogens (tertiary/aromatic N) is 2. The number of anilines is 1. The van der Waals surface area contributed by atoms with Crippen LogP contribution in [0.1, 0.15) is 39.2 Å². The second-order valence-corrected chi connectivity index (χ2v) is 6.23. The van der Waals surface area contributed by atoms with Crippen LogP contribution in [-0.4, -0.2) is 35.1 Å². The molecule has 0 bridgehead atoms. The monoisotopic (exact) mass is 272 g/mol. The predicted octanol–water partition coefficient (Wildman–Crippen LogP) is 2.87. The summed E-state index contributed by atoms with van der Waals surface area (Å²) < 4.78 is 0. The van der Waals surface area contributed by atoms with E-state index in [-0.39, 0.29) is 0 Å². The van der Waals surface area contributed by atoms with Gasteiger partial charge in [0.05, 0.1) is 11.0 Å². The number of nitrogens with one attached hydrogen (secondary N) is 2. The minimum atomic E-state index is 0.477. The van der Waals surface area contributed by atoms with Gasteiger partial charge in [-0.25, -0.2) is 4.98 Å². The fourth-order valence-electron chi connectivity index (χ4n) is 3.18. The molecule has 0 aromatic carbocycles. The van der Waals surface area contributed by atoms with Gasteiger partial charge < -0.3 is 15.2 Å². The van der Waals surface area contributed by atoms with Crippen LogP contribution in [0.15, 0.2) is 18.3 Å². The van der Waals surface area contributed by atoms with Gasteiger partial charge in [-0.1, -0.05) is 13.8 Å². The zero-order valence-electron chi connectivity index (χ0n) is 12.8. The second-order valence-electron chi connectivity index (χ2n) is 6.23. The van der Waals surface area contributed by atoms with Gasteiger partial charge in [-0.05, 0) is 37.5 Å². The van der Waals surface area contributed by atoms with Gasteiger partial charge in [0.1, 0.15) is 5.82 Å². The average Bonchev–Trinajstić information content (AvgIpc) is 2.81. The first kappa shape index (κ1) is 13.4. The smallest absolute Gasteiger partial charge is 0.129 e. The molecule has 1 aliphatic rings. The molecule has 0 amide bonds. The molecule has 2 unspecified atom stereocenters. The fourth-order valence-corrected chi connectivity index (χ4v) is 3.18. The third kappa shape index (κ3) is 2.18. The highest BCUT2D eigenvalue weighted by atomic mass is 15.3. The van der Waals surface area contributed by atoms with E-state index >= 15 is 0 Å². The van der Waals surface area contributed by atoms with Crippen molar-refractivity contribution >= 4 is 16.9 Å². The molecule has 1 fully saturated rings. The van der Waals surface area contributed by atoms with Gasteiger partial charge in [-0.2, -0.15) is 0 Å². The summed E-state index contributed by atoms with van der Waals surface area (Å²) in [5.41, 5.74) is 3.56. The zero-order valence-corrected chi connectivity index (χ0v) is 12.8. The van der Waals surface area contributed by atoms with Crippen molar-refractivity contribution in [3.05, 3.63) is 23.9 Å². The van der Waals surface area contributed by atoms with Crippen molar-refractivity contribution in [3.8, 4) is 0 Å². The van der Waals surface area contributed by atoms with E-state index < -0.39 is 0 Å². The van der Waals surface area contributed by atoms with Crippen molar-refractivity contribution in [2.75, 3.05) is 18.0 Å². The number of pyridine rings is 1. The molecule has 4 nitrogen and oxygen atoms in total. The lowest BCUT2D eigenvalue weighted by Gasteiger charge is -2.40. The Balaban J connectivity index is 2.05. The number of aromatic amines is 1. The molecular formula is C16H24N4. The molecule has 2 aromatic rings. The quantitative estimate of drug-likeness (QED) is 0.883. The molecule has 3 heterocycles. The summed E-state index contributed by atoms with van der Waals surface area (Å²) in [5, 5.41) is 3.47. The normalized spacial score (nSPS) is 23.8. The summed E-state index contributed by atoms with van der Waals surface area (Å²) in [5.74, 6) is 1.59. The SMILES string of the molecule is CC(C)c1c[nH]c2ccc(N3C(C)CNCC3C)nc12. The highest BCUT2D eigenvalue weighted by Gasteiger charge is 2.26. The fraction of sp³-hybridized carbons (Fsp3) is 0.562. The van der Waals surface area contributed by atoms with E-state index in [0.717, 1.165) is 29.9 Å². The minimum Gasteiger partial charge on any atom is -0.360 e. The van der Waals surface area contributed by atoms with E-state index in [4.69, 9.17) is 4.98 Å². The number of H-pyrrole nitrogens is 1. The lowest BCUT2D eigenvalue weighted by molar-refractivity contribution is 0.429. The van der Waals surface area contributed by atoms with E-state index in [1.54, 1.807) is 0 Å². The van der Waals surface area contributed by atoms with Crippen LogP contribution >= 0.6 is 0 Å². The molecule has 3 rings (SSSR count). The Hall–Kier alpha value is -1.55. The molecule has 108 valence electrons.